The summed E-state index contributed by atoms with van der Waals surface area (Å²) in [7, 11) is 1.77. The molecule has 1 aliphatic carbocycles. The number of carbonyl (C=O) groups is 3. The number of ether oxygens (including phenoxy) is 1. The lowest BCUT2D eigenvalue weighted by Crippen LogP contribution is -2.67. The summed E-state index contributed by atoms with van der Waals surface area (Å²) in [6.45, 7) is 3.35. The largest absolute Gasteiger partial charge is 0.493 e. The number of benzene rings is 2. The first-order valence-corrected chi connectivity index (χ1v) is 16.1. The second kappa shape index (κ2) is 13.0. The standard InChI is InChI=1S/C34H45N5O4/c1-3-26(35-2)32(40)37-31(22-11-5-4-6-12-22)34(42)39-20-24-19-23-13-7-9-15-28(23)38(24)21-29(39)33(41)36-27-17-18-43-30-16-10-8-14-25(27)30/h7-10,13-16,22,24,26-27,29,31,35H,3-6,11-12,17-21H2,1-2H3,(H,36,41)(H,37,40)/t24?,26-,27+,29-,31-/m0/s1. The summed E-state index contributed by atoms with van der Waals surface area (Å²) in [5.74, 6) is 0.409. The predicted molar refractivity (Wildman–Crippen MR) is 166 cm³/mol. The molecule has 3 heterocycles. The minimum absolute atomic E-state index is 0.0597. The highest BCUT2D eigenvalue weighted by Crippen LogP contribution is 2.37. The number of fused-ring (bicyclic) bond motifs is 4. The Bertz CT molecular complexity index is 1320. The quantitative estimate of drug-likeness (QED) is 0.438. The number of amides is 3. The molecule has 3 amide bonds. The number of likely N-dealkylation sites (N-methyl/N-ethyl adjacent to an activating group) is 1. The molecule has 230 valence electrons. The molecule has 1 unspecified atom stereocenters. The fraction of sp³-hybridized carbons (Fsp3) is 0.559. The van der Waals surface area contributed by atoms with Crippen LogP contribution < -0.4 is 25.6 Å². The van der Waals surface area contributed by atoms with Crippen LogP contribution in [0.15, 0.2) is 48.5 Å². The van der Waals surface area contributed by atoms with Crippen LogP contribution in [0.25, 0.3) is 0 Å². The first kappa shape index (κ1) is 29.5. The van der Waals surface area contributed by atoms with E-state index < -0.39 is 12.1 Å². The average molecular weight is 588 g/mol. The third-order valence-electron chi connectivity index (χ3n) is 9.97. The maximum Gasteiger partial charge on any atom is 0.246 e. The number of hydrogen-bond acceptors (Lipinski definition) is 6. The summed E-state index contributed by atoms with van der Waals surface area (Å²) in [6, 6.07) is 14.4. The van der Waals surface area contributed by atoms with Crippen molar-refractivity contribution in [1.29, 1.82) is 0 Å². The van der Waals surface area contributed by atoms with E-state index in [1.165, 1.54) is 5.56 Å². The van der Waals surface area contributed by atoms with Gasteiger partial charge >= 0.3 is 0 Å². The van der Waals surface area contributed by atoms with Crippen LogP contribution in [0, 0.1) is 5.92 Å². The molecule has 2 aromatic rings. The first-order valence-electron chi connectivity index (χ1n) is 16.1. The molecule has 2 fully saturated rings. The molecule has 0 aromatic heterocycles. The van der Waals surface area contributed by atoms with Gasteiger partial charge in [-0.1, -0.05) is 62.6 Å². The van der Waals surface area contributed by atoms with Gasteiger partial charge in [-0.15, -0.1) is 0 Å². The summed E-state index contributed by atoms with van der Waals surface area (Å²) in [5, 5.41) is 9.54. The fourth-order valence-electron chi connectivity index (χ4n) is 7.60. The molecule has 2 aromatic carbocycles. The van der Waals surface area contributed by atoms with Gasteiger partial charge in [0.05, 0.1) is 24.7 Å². The van der Waals surface area contributed by atoms with Crippen molar-refractivity contribution in [2.75, 3.05) is 31.6 Å². The molecule has 9 nitrogen and oxygen atoms in total. The minimum atomic E-state index is -0.681. The number of anilines is 1. The Hall–Kier alpha value is -3.59. The fourth-order valence-corrected chi connectivity index (χ4v) is 7.60. The molecule has 1 saturated carbocycles. The highest BCUT2D eigenvalue weighted by Gasteiger charge is 2.46. The molecule has 4 aliphatic rings. The molecule has 43 heavy (non-hydrogen) atoms. The third-order valence-corrected chi connectivity index (χ3v) is 9.97. The van der Waals surface area contributed by atoms with Gasteiger partial charge < -0.3 is 30.5 Å². The molecule has 0 bridgehead atoms. The van der Waals surface area contributed by atoms with E-state index in [1.54, 1.807) is 11.9 Å². The summed E-state index contributed by atoms with van der Waals surface area (Å²) in [6.07, 6.45) is 7.18. The number of nitrogens with zero attached hydrogens (tertiary/aromatic N) is 2. The smallest absolute Gasteiger partial charge is 0.246 e. The Kier molecular flexibility index (Phi) is 8.88. The zero-order valence-electron chi connectivity index (χ0n) is 25.4. The Morgan fingerprint density at radius 1 is 0.977 bits per heavy atom. The van der Waals surface area contributed by atoms with E-state index in [0.717, 1.165) is 55.5 Å². The monoisotopic (exact) mass is 587 g/mol. The molecule has 3 N–H and O–H groups in total. The lowest BCUT2D eigenvalue weighted by atomic mass is 9.82. The van der Waals surface area contributed by atoms with Crippen molar-refractivity contribution < 1.29 is 19.1 Å². The van der Waals surface area contributed by atoms with Crippen LogP contribution in [-0.4, -0.2) is 73.5 Å². The molecule has 0 radical (unpaired) electrons. The zero-order chi connectivity index (χ0) is 29.9. The van der Waals surface area contributed by atoms with Gasteiger partial charge in [0, 0.05) is 30.8 Å². The van der Waals surface area contributed by atoms with E-state index in [-0.39, 0.29) is 41.8 Å². The Morgan fingerprint density at radius 2 is 1.74 bits per heavy atom. The van der Waals surface area contributed by atoms with Crippen LogP contribution in [0.3, 0.4) is 0 Å². The lowest BCUT2D eigenvalue weighted by Gasteiger charge is -2.46. The number of hydrogen-bond donors (Lipinski definition) is 3. The highest BCUT2D eigenvalue weighted by molar-refractivity contribution is 5.94. The van der Waals surface area contributed by atoms with Crippen molar-refractivity contribution in [3.05, 3.63) is 59.7 Å². The normalized spacial score (nSPS) is 24.6. The van der Waals surface area contributed by atoms with Crippen LogP contribution >= 0.6 is 0 Å². The van der Waals surface area contributed by atoms with Crippen molar-refractivity contribution in [3.63, 3.8) is 0 Å². The summed E-state index contributed by atoms with van der Waals surface area (Å²) in [4.78, 5) is 46.4. The van der Waals surface area contributed by atoms with Crippen molar-refractivity contribution in [3.8, 4) is 5.75 Å². The van der Waals surface area contributed by atoms with Crippen LogP contribution in [0.5, 0.6) is 5.75 Å². The van der Waals surface area contributed by atoms with Crippen LogP contribution in [-0.2, 0) is 20.8 Å². The average Bonchev–Trinajstić information content (AvgIpc) is 3.41. The van der Waals surface area contributed by atoms with E-state index in [1.807, 2.05) is 43.3 Å². The van der Waals surface area contributed by atoms with E-state index in [0.29, 0.717) is 32.5 Å². The second-order valence-corrected chi connectivity index (χ2v) is 12.5. The first-order chi connectivity index (χ1) is 21.0. The predicted octanol–water partition coefficient (Wildman–Crippen LogP) is 3.33. The number of nitrogens with one attached hydrogen (secondary N) is 3. The number of carbonyl (C=O) groups excluding carboxylic acids is 3. The summed E-state index contributed by atoms with van der Waals surface area (Å²) >= 11 is 0. The summed E-state index contributed by atoms with van der Waals surface area (Å²) < 4.78 is 5.84. The zero-order valence-corrected chi connectivity index (χ0v) is 25.4. The molecular formula is C34H45N5O4. The second-order valence-electron chi connectivity index (χ2n) is 12.5. The topological polar surface area (TPSA) is 103 Å². The molecule has 5 atom stereocenters. The van der Waals surface area contributed by atoms with Crippen LogP contribution in [0.4, 0.5) is 5.69 Å². The van der Waals surface area contributed by atoms with E-state index in [9.17, 15) is 14.4 Å². The Morgan fingerprint density at radius 3 is 2.53 bits per heavy atom. The van der Waals surface area contributed by atoms with Gasteiger partial charge in [0.1, 0.15) is 17.8 Å². The number of para-hydroxylation sites is 2. The molecule has 1 saturated heterocycles. The number of rotatable bonds is 8. The van der Waals surface area contributed by atoms with Crippen molar-refractivity contribution in [2.24, 2.45) is 5.92 Å². The molecule has 0 spiro atoms. The third kappa shape index (κ3) is 5.96. The van der Waals surface area contributed by atoms with E-state index in [2.05, 4.69) is 33.0 Å². The van der Waals surface area contributed by atoms with Gasteiger partial charge in [0.25, 0.3) is 0 Å². The van der Waals surface area contributed by atoms with Gasteiger partial charge in [-0.05, 0) is 56.3 Å². The van der Waals surface area contributed by atoms with Gasteiger partial charge in [0.2, 0.25) is 17.7 Å². The van der Waals surface area contributed by atoms with E-state index >= 15 is 0 Å². The SMILES string of the molecule is CC[C@H](NC)C(=O)N[C@H](C(=O)N1CC2Cc3ccccc3N2C[C@H]1C(=O)N[C@@H]1CCOc2ccccc21)C1CCCCC1. The highest BCUT2D eigenvalue weighted by atomic mass is 16.5. The van der Waals surface area contributed by atoms with Gasteiger partial charge in [0.15, 0.2) is 0 Å². The van der Waals surface area contributed by atoms with Gasteiger partial charge in [-0.2, -0.15) is 0 Å². The molecular weight excluding hydrogens is 542 g/mol. The Labute approximate surface area is 254 Å². The van der Waals surface area contributed by atoms with Crippen molar-refractivity contribution >= 4 is 23.4 Å². The molecule has 3 aliphatic heterocycles. The Balaban J connectivity index is 1.30. The molecule has 6 rings (SSSR count). The van der Waals surface area contributed by atoms with Crippen molar-refractivity contribution in [2.45, 2.75) is 88.5 Å². The van der Waals surface area contributed by atoms with Crippen LogP contribution in [0.1, 0.15) is 69.0 Å². The van der Waals surface area contributed by atoms with Crippen LogP contribution in [0.2, 0.25) is 0 Å². The van der Waals surface area contributed by atoms with Gasteiger partial charge in [-0.25, -0.2) is 0 Å². The van der Waals surface area contributed by atoms with E-state index in [4.69, 9.17) is 4.74 Å². The van der Waals surface area contributed by atoms with Gasteiger partial charge in [-0.3, -0.25) is 14.4 Å². The minimum Gasteiger partial charge on any atom is -0.493 e. The lowest BCUT2D eigenvalue weighted by molar-refractivity contribution is -0.146. The number of piperazine rings is 1. The summed E-state index contributed by atoms with van der Waals surface area (Å²) in [5.41, 5.74) is 3.35. The maximum atomic E-state index is 14.7. The maximum absolute atomic E-state index is 14.7. The van der Waals surface area contributed by atoms with Crippen molar-refractivity contribution in [1.82, 2.24) is 20.9 Å². The molecule has 9 heteroatoms.